The van der Waals surface area contributed by atoms with E-state index in [1.54, 1.807) is 0 Å². The predicted octanol–water partition coefficient (Wildman–Crippen LogP) is 2.94. The molecule has 0 unspecified atom stereocenters. The minimum Gasteiger partial charge on any atom is -0.330 e. The van der Waals surface area contributed by atoms with Gasteiger partial charge in [0, 0.05) is 13.5 Å². The van der Waals surface area contributed by atoms with Crippen LogP contribution >= 0.6 is 0 Å². The Kier molecular flexibility index (Phi) is 3.96. The van der Waals surface area contributed by atoms with Crippen molar-refractivity contribution in [2.24, 2.45) is 7.05 Å². The fourth-order valence-corrected chi connectivity index (χ4v) is 2.19. The second-order valence-electron chi connectivity index (χ2n) is 4.65. The van der Waals surface area contributed by atoms with Crippen molar-refractivity contribution in [3.05, 3.63) is 30.1 Å². The number of carbonyl (C=O) groups is 1. The van der Waals surface area contributed by atoms with Crippen molar-refractivity contribution in [2.45, 2.75) is 32.1 Å². The molecule has 2 rings (SSSR count). The van der Waals surface area contributed by atoms with Crippen LogP contribution in [0.1, 0.15) is 37.9 Å². The van der Waals surface area contributed by atoms with Gasteiger partial charge in [0.2, 0.25) is 0 Å². The molecule has 1 atom stereocenters. The molecule has 0 saturated heterocycles. The molecule has 1 heterocycles. The monoisotopic (exact) mass is 255 g/mol. The number of unbranched alkanes of at least 4 members (excludes halogenated alkanes) is 1. The van der Waals surface area contributed by atoms with Gasteiger partial charge in [0.25, 0.3) is 0 Å². The molecular formula is C15H17N3O. The largest absolute Gasteiger partial charge is 0.330 e. The number of carbonyl (C=O) groups excluding carboxylic acids is 1. The number of fused-ring (bicyclic) bond motifs is 1. The Morgan fingerprint density at radius 1 is 1.47 bits per heavy atom. The highest BCUT2D eigenvalue weighted by atomic mass is 16.1. The molecular weight excluding hydrogens is 238 g/mol. The van der Waals surface area contributed by atoms with E-state index in [9.17, 15) is 10.1 Å². The number of rotatable bonds is 5. The summed E-state index contributed by atoms with van der Waals surface area (Å²) >= 11 is 0. The van der Waals surface area contributed by atoms with Crippen molar-refractivity contribution in [1.29, 1.82) is 5.26 Å². The first kappa shape index (κ1) is 13.3. The van der Waals surface area contributed by atoms with Crippen molar-refractivity contribution >= 4 is 16.8 Å². The molecule has 98 valence electrons. The zero-order valence-electron chi connectivity index (χ0n) is 11.3. The minimum absolute atomic E-state index is 0.0391. The van der Waals surface area contributed by atoms with Crippen LogP contribution in [0, 0.1) is 11.3 Å². The first-order chi connectivity index (χ1) is 9.19. The van der Waals surface area contributed by atoms with Crippen LogP contribution < -0.4 is 0 Å². The van der Waals surface area contributed by atoms with Crippen LogP contribution in [-0.2, 0) is 11.8 Å². The van der Waals surface area contributed by atoms with Gasteiger partial charge in [-0.3, -0.25) is 4.79 Å². The molecule has 1 aromatic carbocycles. The van der Waals surface area contributed by atoms with Gasteiger partial charge in [0.15, 0.2) is 11.7 Å². The SMILES string of the molecule is CCCCC(=O)[C@@H](C#N)c1nc2ccccc2n1C. The number of Topliss-reactive ketones (excluding diaryl/α,β-unsaturated/α-hetero) is 1. The predicted molar refractivity (Wildman–Crippen MR) is 73.6 cm³/mol. The Balaban J connectivity index is 2.39. The van der Waals surface area contributed by atoms with E-state index < -0.39 is 5.92 Å². The van der Waals surface area contributed by atoms with Crippen LogP contribution in [0.2, 0.25) is 0 Å². The van der Waals surface area contributed by atoms with Gasteiger partial charge in [0.1, 0.15) is 5.82 Å². The summed E-state index contributed by atoms with van der Waals surface area (Å²) in [4.78, 5) is 16.5. The Hall–Kier alpha value is -2.15. The maximum Gasteiger partial charge on any atom is 0.162 e. The maximum absolute atomic E-state index is 12.1. The third-order valence-corrected chi connectivity index (χ3v) is 3.31. The quantitative estimate of drug-likeness (QED) is 0.825. The molecule has 0 bridgehead atoms. The number of nitrogens with zero attached hydrogens (tertiary/aromatic N) is 3. The number of hydrogen-bond donors (Lipinski definition) is 0. The lowest BCUT2D eigenvalue weighted by Crippen LogP contribution is -2.15. The van der Waals surface area contributed by atoms with E-state index in [0.29, 0.717) is 12.2 Å². The lowest BCUT2D eigenvalue weighted by atomic mass is 10.0. The first-order valence-electron chi connectivity index (χ1n) is 6.52. The molecule has 0 radical (unpaired) electrons. The molecule has 0 aliphatic carbocycles. The third kappa shape index (κ3) is 2.50. The summed E-state index contributed by atoms with van der Waals surface area (Å²) in [7, 11) is 1.85. The maximum atomic E-state index is 12.1. The number of aromatic nitrogens is 2. The lowest BCUT2D eigenvalue weighted by molar-refractivity contribution is -0.119. The Morgan fingerprint density at radius 2 is 2.21 bits per heavy atom. The highest BCUT2D eigenvalue weighted by Gasteiger charge is 2.24. The van der Waals surface area contributed by atoms with Crippen molar-refractivity contribution in [1.82, 2.24) is 9.55 Å². The molecule has 4 nitrogen and oxygen atoms in total. The zero-order valence-corrected chi connectivity index (χ0v) is 11.3. The summed E-state index contributed by atoms with van der Waals surface area (Å²) < 4.78 is 1.84. The zero-order chi connectivity index (χ0) is 13.8. The fraction of sp³-hybridized carbons (Fsp3) is 0.400. The number of benzene rings is 1. The molecule has 0 fully saturated rings. The van der Waals surface area contributed by atoms with Crippen LogP contribution in [0.4, 0.5) is 0 Å². The average molecular weight is 255 g/mol. The van der Waals surface area contributed by atoms with Crippen LogP contribution in [0.15, 0.2) is 24.3 Å². The molecule has 0 aliphatic rings. The fourth-order valence-electron chi connectivity index (χ4n) is 2.19. The molecule has 0 spiro atoms. The summed E-state index contributed by atoms with van der Waals surface area (Å²) in [5, 5.41) is 9.27. The summed E-state index contributed by atoms with van der Waals surface area (Å²) in [6.07, 6.45) is 2.21. The second kappa shape index (κ2) is 5.66. The number of imidazole rings is 1. The normalized spacial score (nSPS) is 12.3. The second-order valence-corrected chi connectivity index (χ2v) is 4.65. The van der Waals surface area contributed by atoms with Crippen LogP contribution in [0.3, 0.4) is 0 Å². The van der Waals surface area contributed by atoms with E-state index in [4.69, 9.17) is 0 Å². The third-order valence-electron chi connectivity index (χ3n) is 3.31. The van der Waals surface area contributed by atoms with Crippen molar-refractivity contribution in [3.63, 3.8) is 0 Å². The molecule has 0 saturated carbocycles. The van der Waals surface area contributed by atoms with Gasteiger partial charge in [0.05, 0.1) is 17.1 Å². The Morgan fingerprint density at radius 3 is 2.84 bits per heavy atom. The van der Waals surface area contributed by atoms with Crippen LogP contribution in [0.5, 0.6) is 0 Å². The number of nitriles is 1. The number of hydrogen-bond acceptors (Lipinski definition) is 3. The average Bonchev–Trinajstić information content (AvgIpc) is 2.75. The smallest absolute Gasteiger partial charge is 0.162 e. The van der Waals surface area contributed by atoms with E-state index in [1.807, 2.05) is 42.8 Å². The van der Waals surface area contributed by atoms with Crippen molar-refractivity contribution < 1.29 is 4.79 Å². The summed E-state index contributed by atoms with van der Waals surface area (Å²) in [5.41, 5.74) is 1.77. The summed E-state index contributed by atoms with van der Waals surface area (Å²) in [6, 6.07) is 9.76. The van der Waals surface area contributed by atoms with Crippen molar-refractivity contribution in [3.8, 4) is 6.07 Å². The van der Waals surface area contributed by atoms with Gasteiger partial charge < -0.3 is 4.57 Å². The minimum atomic E-state index is -0.760. The van der Waals surface area contributed by atoms with Crippen LogP contribution in [0.25, 0.3) is 11.0 Å². The highest BCUT2D eigenvalue weighted by molar-refractivity contribution is 5.89. The molecule has 0 aliphatic heterocycles. The summed E-state index contributed by atoms with van der Waals surface area (Å²) in [5.74, 6) is -0.253. The lowest BCUT2D eigenvalue weighted by Gasteiger charge is -2.08. The van der Waals surface area contributed by atoms with E-state index in [0.717, 1.165) is 23.9 Å². The van der Waals surface area contributed by atoms with Crippen LogP contribution in [-0.4, -0.2) is 15.3 Å². The Bertz CT molecular complexity index is 636. The first-order valence-corrected chi connectivity index (χ1v) is 6.52. The topological polar surface area (TPSA) is 58.7 Å². The number of ketones is 1. The van der Waals surface area contributed by atoms with E-state index in [2.05, 4.69) is 11.1 Å². The van der Waals surface area contributed by atoms with E-state index in [1.165, 1.54) is 0 Å². The van der Waals surface area contributed by atoms with Gasteiger partial charge >= 0.3 is 0 Å². The molecule has 19 heavy (non-hydrogen) atoms. The van der Waals surface area contributed by atoms with E-state index in [-0.39, 0.29) is 5.78 Å². The summed E-state index contributed by atoms with van der Waals surface area (Å²) in [6.45, 7) is 2.03. The van der Waals surface area contributed by atoms with Gasteiger partial charge in [-0.15, -0.1) is 0 Å². The standard InChI is InChI=1S/C15H17N3O/c1-3-4-9-14(19)11(10-16)15-17-12-7-5-6-8-13(12)18(15)2/h5-8,11H,3-4,9H2,1-2H3/t11-/m1/s1. The van der Waals surface area contributed by atoms with Gasteiger partial charge in [-0.1, -0.05) is 25.5 Å². The molecule has 1 aromatic heterocycles. The molecule has 2 aromatic rings. The molecule has 0 N–H and O–H groups in total. The Labute approximate surface area is 112 Å². The molecule has 0 amide bonds. The highest BCUT2D eigenvalue weighted by Crippen LogP contribution is 2.22. The van der Waals surface area contributed by atoms with E-state index >= 15 is 0 Å². The number of para-hydroxylation sites is 2. The van der Waals surface area contributed by atoms with Gasteiger partial charge in [-0.2, -0.15) is 5.26 Å². The molecule has 4 heteroatoms. The van der Waals surface area contributed by atoms with Gasteiger partial charge in [-0.25, -0.2) is 4.98 Å². The number of aryl methyl sites for hydroxylation is 1. The van der Waals surface area contributed by atoms with Gasteiger partial charge in [-0.05, 0) is 18.6 Å². The van der Waals surface area contributed by atoms with Crippen molar-refractivity contribution in [2.75, 3.05) is 0 Å².